The third-order valence-electron chi connectivity index (χ3n) is 6.44. The van der Waals surface area contributed by atoms with Crippen LogP contribution in [0.4, 0.5) is 5.69 Å². The van der Waals surface area contributed by atoms with Crippen LogP contribution in [0.1, 0.15) is 25.3 Å². The summed E-state index contributed by atoms with van der Waals surface area (Å²) in [5.74, 6) is -0.459. The Bertz CT molecular complexity index is 1540. The Kier molecular flexibility index (Phi) is 10.3. The van der Waals surface area contributed by atoms with Crippen molar-refractivity contribution in [2.45, 2.75) is 24.7 Å². The van der Waals surface area contributed by atoms with E-state index in [9.17, 15) is 18.0 Å². The van der Waals surface area contributed by atoms with Gasteiger partial charge in [-0.25, -0.2) is 13.8 Å². The number of rotatable bonds is 9. The van der Waals surface area contributed by atoms with E-state index in [4.69, 9.17) is 39.5 Å². The fourth-order valence-corrected chi connectivity index (χ4v) is 6.47. The van der Waals surface area contributed by atoms with Crippen molar-refractivity contribution in [3.63, 3.8) is 0 Å². The minimum absolute atomic E-state index is 0.0494. The zero-order chi connectivity index (χ0) is 29.6. The lowest BCUT2D eigenvalue weighted by Gasteiger charge is -2.30. The van der Waals surface area contributed by atoms with E-state index in [2.05, 4.69) is 15.8 Å². The van der Waals surface area contributed by atoms with E-state index in [0.717, 1.165) is 5.56 Å². The second-order valence-corrected chi connectivity index (χ2v) is 12.5. The average Bonchev–Trinajstić information content (AvgIpc) is 2.97. The first-order valence-electron chi connectivity index (χ1n) is 12.6. The number of ether oxygens (including phenoxy) is 1. The fraction of sp³-hybridized carbons (Fsp3) is 0.250. The summed E-state index contributed by atoms with van der Waals surface area (Å²) >= 11 is 17.9. The van der Waals surface area contributed by atoms with Gasteiger partial charge in [-0.15, -0.1) is 0 Å². The largest absolute Gasteiger partial charge is 0.484 e. The van der Waals surface area contributed by atoms with Crippen molar-refractivity contribution >= 4 is 68.0 Å². The van der Waals surface area contributed by atoms with Crippen LogP contribution in [0.2, 0.25) is 15.1 Å². The van der Waals surface area contributed by atoms with Crippen LogP contribution >= 0.6 is 34.8 Å². The first-order chi connectivity index (χ1) is 19.5. The normalized spacial score (nSPS) is 14.9. The Balaban J connectivity index is 1.25. The van der Waals surface area contributed by atoms with Gasteiger partial charge in [0, 0.05) is 34.7 Å². The molecule has 0 spiro atoms. The van der Waals surface area contributed by atoms with Crippen LogP contribution in [-0.2, 0) is 19.6 Å². The van der Waals surface area contributed by atoms with Crippen LogP contribution < -0.4 is 15.5 Å². The zero-order valence-corrected chi connectivity index (χ0v) is 25.0. The molecule has 0 saturated carbocycles. The standard InChI is InChI=1S/C28H27Cl3N4O5S/c1-18(19-2-7-23(8-3-19)32-27(36)17-40-24-9-4-21(29)5-10-24)33-34-28(37)20-12-14-35(15-13-20)41(38,39)26-16-22(30)6-11-25(26)31/h2-11,16,20H,12-15,17H2,1H3,(H,32,36)(H,34,37). The number of anilines is 1. The van der Waals surface area contributed by atoms with Crippen molar-refractivity contribution in [2.75, 3.05) is 25.0 Å². The van der Waals surface area contributed by atoms with Gasteiger partial charge < -0.3 is 10.1 Å². The van der Waals surface area contributed by atoms with E-state index in [1.807, 2.05) is 0 Å². The number of benzene rings is 3. The minimum Gasteiger partial charge on any atom is -0.484 e. The Hall–Kier alpha value is -3.15. The van der Waals surface area contributed by atoms with Gasteiger partial charge in [0.25, 0.3) is 5.91 Å². The number of hydrogen-bond acceptors (Lipinski definition) is 6. The van der Waals surface area contributed by atoms with Gasteiger partial charge in [-0.2, -0.15) is 9.41 Å². The highest BCUT2D eigenvalue weighted by Crippen LogP contribution is 2.30. The van der Waals surface area contributed by atoms with Gasteiger partial charge in [-0.05, 0) is 79.9 Å². The highest BCUT2D eigenvalue weighted by molar-refractivity contribution is 7.89. The van der Waals surface area contributed by atoms with Gasteiger partial charge in [0.15, 0.2) is 6.61 Å². The highest BCUT2D eigenvalue weighted by Gasteiger charge is 2.33. The molecule has 0 unspecified atom stereocenters. The molecule has 0 aliphatic carbocycles. The number of piperidine rings is 1. The number of hydrazone groups is 1. The Morgan fingerprint density at radius 1 is 0.951 bits per heavy atom. The molecule has 0 radical (unpaired) electrons. The van der Waals surface area contributed by atoms with E-state index < -0.39 is 10.0 Å². The highest BCUT2D eigenvalue weighted by atomic mass is 35.5. The van der Waals surface area contributed by atoms with Crippen molar-refractivity contribution in [3.05, 3.63) is 87.4 Å². The molecule has 0 aromatic heterocycles. The van der Waals surface area contributed by atoms with Crippen LogP contribution in [0, 0.1) is 5.92 Å². The number of amides is 2. The van der Waals surface area contributed by atoms with E-state index in [1.165, 1.54) is 22.5 Å². The third-order valence-corrected chi connectivity index (χ3v) is 9.31. The lowest BCUT2D eigenvalue weighted by atomic mass is 9.98. The topological polar surface area (TPSA) is 117 Å². The molecule has 1 aliphatic heterocycles. The quantitative estimate of drug-likeness (QED) is 0.234. The van der Waals surface area contributed by atoms with Crippen LogP contribution in [0.25, 0.3) is 0 Å². The molecule has 41 heavy (non-hydrogen) atoms. The van der Waals surface area contributed by atoms with Gasteiger partial charge in [-0.3, -0.25) is 9.59 Å². The molecule has 3 aromatic carbocycles. The molecule has 0 atom stereocenters. The van der Waals surface area contributed by atoms with Crippen molar-refractivity contribution in [1.29, 1.82) is 0 Å². The molecule has 1 saturated heterocycles. The number of nitrogens with zero attached hydrogens (tertiary/aromatic N) is 2. The molecule has 2 amide bonds. The number of halogens is 3. The minimum atomic E-state index is -3.83. The smallest absolute Gasteiger partial charge is 0.262 e. The zero-order valence-electron chi connectivity index (χ0n) is 21.9. The summed E-state index contributed by atoms with van der Waals surface area (Å²) in [4.78, 5) is 24.9. The fourth-order valence-electron chi connectivity index (χ4n) is 4.14. The van der Waals surface area contributed by atoms with Gasteiger partial charge >= 0.3 is 0 Å². The van der Waals surface area contributed by atoms with Crippen LogP contribution in [0.5, 0.6) is 5.75 Å². The molecule has 4 rings (SSSR count). The number of nitrogens with one attached hydrogen (secondary N) is 2. The van der Waals surface area contributed by atoms with Crippen LogP contribution in [0.3, 0.4) is 0 Å². The maximum Gasteiger partial charge on any atom is 0.262 e. The summed E-state index contributed by atoms with van der Waals surface area (Å²) in [6.07, 6.45) is 0.682. The van der Waals surface area contributed by atoms with Gasteiger partial charge in [-0.1, -0.05) is 46.9 Å². The number of hydrogen-bond donors (Lipinski definition) is 2. The monoisotopic (exact) mass is 636 g/mol. The summed E-state index contributed by atoms with van der Waals surface area (Å²) in [5.41, 5.74) is 4.48. The van der Waals surface area contributed by atoms with Crippen molar-refractivity contribution in [2.24, 2.45) is 11.0 Å². The second-order valence-electron chi connectivity index (χ2n) is 9.29. The van der Waals surface area contributed by atoms with Crippen molar-refractivity contribution < 1.29 is 22.7 Å². The van der Waals surface area contributed by atoms with Gasteiger partial charge in [0.2, 0.25) is 15.9 Å². The number of carbonyl (C=O) groups is 2. The molecule has 216 valence electrons. The lowest BCUT2D eigenvalue weighted by Crippen LogP contribution is -2.42. The van der Waals surface area contributed by atoms with E-state index in [-0.39, 0.29) is 52.4 Å². The van der Waals surface area contributed by atoms with Gasteiger partial charge in [0.1, 0.15) is 10.6 Å². The Morgan fingerprint density at radius 2 is 1.59 bits per heavy atom. The average molecular weight is 638 g/mol. The predicted molar refractivity (Wildman–Crippen MR) is 160 cm³/mol. The Morgan fingerprint density at radius 3 is 2.24 bits per heavy atom. The molecular weight excluding hydrogens is 611 g/mol. The molecule has 1 aliphatic rings. The van der Waals surface area contributed by atoms with E-state index in [0.29, 0.717) is 35.0 Å². The molecule has 0 bridgehead atoms. The molecular formula is C28H27Cl3N4O5S. The van der Waals surface area contributed by atoms with Crippen molar-refractivity contribution in [3.8, 4) is 5.75 Å². The van der Waals surface area contributed by atoms with Crippen LogP contribution in [-0.4, -0.2) is 49.9 Å². The van der Waals surface area contributed by atoms with E-state index >= 15 is 0 Å². The Labute approximate surface area is 253 Å². The SMILES string of the molecule is CC(=NNC(=O)C1CCN(S(=O)(=O)c2cc(Cl)ccc2Cl)CC1)c1ccc(NC(=O)COc2ccc(Cl)cc2)cc1. The molecule has 13 heteroatoms. The summed E-state index contributed by atoms with van der Waals surface area (Å²) in [7, 11) is -3.83. The second kappa shape index (κ2) is 13.7. The maximum absolute atomic E-state index is 13.0. The number of carbonyl (C=O) groups excluding carboxylic acids is 2. The first kappa shape index (κ1) is 30.8. The molecule has 1 fully saturated rings. The van der Waals surface area contributed by atoms with Crippen molar-refractivity contribution in [1.82, 2.24) is 9.73 Å². The first-order valence-corrected chi connectivity index (χ1v) is 15.2. The van der Waals surface area contributed by atoms with Crippen LogP contribution in [0.15, 0.2) is 76.7 Å². The molecule has 3 aromatic rings. The maximum atomic E-state index is 13.0. The van der Waals surface area contributed by atoms with Gasteiger partial charge in [0.05, 0.1) is 10.7 Å². The molecule has 1 heterocycles. The summed E-state index contributed by atoms with van der Waals surface area (Å²) in [5, 5.41) is 7.90. The van der Waals surface area contributed by atoms with E-state index in [1.54, 1.807) is 55.5 Å². The summed E-state index contributed by atoms with van der Waals surface area (Å²) in [6.45, 7) is 1.93. The summed E-state index contributed by atoms with van der Waals surface area (Å²) in [6, 6.07) is 18.0. The molecule has 9 nitrogen and oxygen atoms in total. The lowest BCUT2D eigenvalue weighted by molar-refractivity contribution is -0.126. The summed E-state index contributed by atoms with van der Waals surface area (Å²) < 4.78 is 32.8. The predicted octanol–water partition coefficient (Wildman–Crippen LogP) is 5.61. The molecule has 2 N–H and O–H groups in total. The number of sulfonamides is 1. The third kappa shape index (κ3) is 8.21.